The lowest BCUT2D eigenvalue weighted by Crippen LogP contribution is -2.19. The third-order valence-corrected chi connectivity index (χ3v) is 4.58. The van der Waals surface area contributed by atoms with Gasteiger partial charge >= 0.3 is 0 Å². The highest BCUT2D eigenvalue weighted by Crippen LogP contribution is 2.25. The van der Waals surface area contributed by atoms with Crippen LogP contribution < -0.4 is 10.5 Å². The Morgan fingerprint density at radius 2 is 1.80 bits per heavy atom. The van der Waals surface area contributed by atoms with Crippen molar-refractivity contribution in [3.8, 4) is 17.0 Å². The first-order valence-electron chi connectivity index (χ1n) is 8.75. The molecular formula is C21H25N3O. The highest BCUT2D eigenvalue weighted by Gasteiger charge is 2.16. The quantitative estimate of drug-likeness (QED) is 0.657. The SMILES string of the molecule is CCC(C)C(N)c1ncc(-c2ccc(OCc3ccccc3)cc2)[nH]1. The van der Waals surface area contributed by atoms with Gasteiger partial charge in [-0.1, -0.05) is 50.6 Å². The summed E-state index contributed by atoms with van der Waals surface area (Å²) in [6, 6.07) is 18.1. The van der Waals surface area contributed by atoms with Crippen LogP contribution in [0.15, 0.2) is 60.8 Å². The molecule has 4 heteroatoms. The van der Waals surface area contributed by atoms with E-state index < -0.39 is 0 Å². The highest BCUT2D eigenvalue weighted by molar-refractivity contribution is 5.59. The molecular weight excluding hydrogens is 310 g/mol. The number of hydrogen-bond donors (Lipinski definition) is 2. The number of H-pyrrole nitrogens is 1. The van der Waals surface area contributed by atoms with Crippen molar-refractivity contribution in [2.45, 2.75) is 32.9 Å². The molecule has 0 fully saturated rings. The molecule has 0 aliphatic heterocycles. The summed E-state index contributed by atoms with van der Waals surface area (Å²) < 4.78 is 5.83. The Morgan fingerprint density at radius 3 is 2.48 bits per heavy atom. The van der Waals surface area contributed by atoms with Crippen molar-refractivity contribution < 1.29 is 4.74 Å². The summed E-state index contributed by atoms with van der Waals surface area (Å²) >= 11 is 0. The van der Waals surface area contributed by atoms with Crippen molar-refractivity contribution in [3.63, 3.8) is 0 Å². The molecule has 3 rings (SSSR count). The third kappa shape index (κ3) is 4.28. The van der Waals surface area contributed by atoms with Gasteiger partial charge in [0.05, 0.1) is 17.9 Å². The number of ether oxygens (including phenoxy) is 1. The van der Waals surface area contributed by atoms with Crippen LogP contribution in [0.25, 0.3) is 11.3 Å². The maximum atomic E-state index is 6.25. The molecule has 0 aliphatic rings. The number of nitrogens with zero attached hydrogens (tertiary/aromatic N) is 1. The minimum atomic E-state index is -0.0628. The molecule has 0 bridgehead atoms. The van der Waals surface area contributed by atoms with Crippen LogP contribution in [0, 0.1) is 5.92 Å². The van der Waals surface area contributed by atoms with Gasteiger partial charge in [0.2, 0.25) is 0 Å². The Morgan fingerprint density at radius 1 is 1.08 bits per heavy atom. The fourth-order valence-corrected chi connectivity index (χ4v) is 2.65. The van der Waals surface area contributed by atoms with Gasteiger partial charge in [-0.05, 0) is 41.3 Å². The van der Waals surface area contributed by atoms with Crippen molar-refractivity contribution in [1.82, 2.24) is 9.97 Å². The number of imidazole rings is 1. The van der Waals surface area contributed by atoms with E-state index in [0.29, 0.717) is 12.5 Å². The Hall–Kier alpha value is -2.59. The number of nitrogens with two attached hydrogens (primary N) is 1. The number of aromatic nitrogens is 2. The molecule has 2 atom stereocenters. The van der Waals surface area contributed by atoms with E-state index in [-0.39, 0.29) is 6.04 Å². The first kappa shape index (κ1) is 17.2. The number of rotatable bonds is 7. The number of benzene rings is 2. The lowest BCUT2D eigenvalue weighted by atomic mass is 10.00. The lowest BCUT2D eigenvalue weighted by Gasteiger charge is -2.15. The molecule has 0 spiro atoms. The van der Waals surface area contributed by atoms with Gasteiger partial charge < -0.3 is 15.5 Å². The van der Waals surface area contributed by atoms with E-state index in [0.717, 1.165) is 34.8 Å². The molecule has 3 N–H and O–H groups in total. The fraction of sp³-hybridized carbons (Fsp3) is 0.286. The van der Waals surface area contributed by atoms with Crippen molar-refractivity contribution in [2.75, 3.05) is 0 Å². The zero-order chi connectivity index (χ0) is 17.6. The second kappa shape index (κ2) is 7.99. The maximum absolute atomic E-state index is 6.25. The van der Waals surface area contributed by atoms with Gasteiger partial charge in [-0.2, -0.15) is 0 Å². The van der Waals surface area contributed by atoms with Crippen molar-refractivity contribution >= 4 is 0 Å². The zero-order valence-corrected chi connectivity index (χ0v) is 14.8. The molecule has 2 aromatic carbocycles. The van der Waals surface area contributed by atoms with E-state index >= 15 is 0 Å². The molecule has 25 heavy (non-hydrogen) atoms. The summed E-state index contributed by atoms with van der Waals surface area (Å²) in [4.78, 5) is 7.79. The highest BCUT2D eigenvalue weighted by atomic mass is 16.5. The molecule has 1 heterocycles. The van der Waals surface area contributed by atoms with Crippen LogP contribution in [0.2, 0.25) is 0 Å². The summed E-state index contributed by atoms with van der Waals surface area (Å²) in [7, 11) is 0. The van der Waals surface area contributed by atoms with Gasteiger partial charge in [0, 0.05) is 0 Å². The second-order valence-corrected chi connectivity index (χ2v) is 6.39. The minimum absolute atomic E-state index is 0.0628. The topological polar surface area (TPSA) is 63.9 Å². The van der Waals surface area contributed by atoms with Crippen LogP contribution in [-0.4, -0.2) is 9.97 Å². The van der Waals surface area contributed by atoms with E-state index in [1.807, 2.05) is 48.7 Å². The average molecular weight is 335 g/mol. The summed E-state index contributed by atoms with van der Waals surface area (Å²) in [5.41, 5.74) is 9.45. The first-order valence-corrected chi connectivity index (χ1v) is 8.75. The van der Waals surface area contributed by atoms with Gasteiger partial charge in [0.1, 0.15) is 18.2 Å². The van der Waals surface area contributed by atoms with E-state index in [1.54, 1.807) is 0 Å². The van der Waals surface area contributed by atoms with E-state index in [4.69, 9.17) is 10.5 Å². The molecule has 0 radical (unpaired) electrons. The fourth-order valence-electron chi connectivity index (χ4n) is 2.65. The van der Waals surface area contributed by atoms with Gasteiger partial charge in [-0.25, -0.2) is 4.98 Å². The van der Waals surface area contributed by atoms with Gasteiger partial charge in [0.25, 0.3) is 0 Å². The van der Waals surface area contributed by atoms with Crippen LogP contribution in [0.4, 0.5) is 0 Å². The zero-order valence-electron chi connectivity index (χ0n) is 14.8. The lowest BCUT2D eigenvalue weighted by molar-refractivity contribution is 0.306. The standard InChI is InChI=1S/C21H25N3O/c1-3-15(2)20(22)21-23-13-19(24-21)17-9-11-18(12-10-17)25-14-16-7-5-4-6-8-16/h4-13,15,20H,3,14,22H2,1-2H3,(H,23,24). The normalized spacial score (nSPS) is 13.4. The molecule has 0 aliphatic carbocycles. The Labute approximate surface area is 149 Å². The van der Waals surface area contributed by atoms with Crippen molar-refractivity contribution in [1.29, 1.82) is 0 Å². The molecule has 0 saturated carbocycles. The van der Waals surface area contributed by atoms with Gasteiger partial charge in [-0.3, -0.25) is 0 Å². The van der Waals surface area contributed by atoms with Gasteiger partial charge in [0.15, 0.2) is 0 Å². The molecule has 3 aromatic rings. The maximum Gasteiger partial charge on any atom is 0.123 e. The molecule has 130 valence electrons. The molecule has 0 amide bonds. The second-order valence-electron chi connectivity index (χ2n) is 6.39. The van der Waals surface area contributed by atoms with Crippen LogP contribution >= 0.6 is 0 Å². The van der Waals surface area contributed by atoms with Crippen LogP contribution in [0.3, 0.4) is 0 Å². The van der Waals surface area contributed by atoms with Gasteiger partial charge in [-0.15, -0.1) is 0 Å². The Balaban J connectivity index is 1.65. The Kier molecular flexibility index (Phi) is 5.51. The Bertz CT molecular complexity index is 780. The molecule has 1 aromatic heterocycles. The van der Waals surface area contributed by atoms with E-state index in [1.165, 1.54) is 0 Å². The predicted molar refractivity (Wildman–Crippen MR) is 101 cm³/mol. The average Bonchev–Trinajstić information content (AvgIpc) is 3.16. The summed E-state index contributed by atoms with van der Waals surface area (Å²) in [6.45, 7) is 4.85. The smallest absolute Gasteiger partial charge is 0.123 e. The molecule has 2 unspecified atom stereocenters. The summed E-state index contributed by atoms with van der Waals surface area (Å²) in [6.07, 6.45) is 2.88. The van der Waals surface area contributed by atoms with Crippen LogP contribution in [0.1, 0.15) is 37.7 Å². The monoisotopic (exact) mass is 335 g/mol. The number of nitrogens with one attached hydrogen (secondary N) is 1. The van der Waals surface area contributed by atoms with Crippen LogP contribution in [0.5, 0.6) is 5.75 Å². The van der Waals surface area contributed by atoms with Crippen molar-refractivity contribution in [2.24, 2.45) is 11.7 Å². The first-order chi connectivity index (χ1) is 12.2. The summed E-state index contributed by atoms with van der Waals surface area (Å²) in [5.74, 6) is 2.09. The largest absolute Gasteiger partial charge is 0.489 e. The third-order valence-electron chi connectivity index (χ3n) is 4.58. The minimum Gasteiger partial charge on any atom is -0.489 e. The summed E-state index contributed by atoms with van der Waals surface area (Å²) in [5, 5.41) is 0. The molecule has 4 nitrogen and oxygen atoms in total. The number of hydrogen-bond acceptors (Lipinski definition) is 3. The predicted octanol–water partition coefficient (Wildman–Crippen LogP) is 4.70. The van der Waals surface area contributed by atoms with E-state index in [9.17, 15) is 0 Å². The van der Waals surface area contributed by atoms with E-state index in [2.05, 4.69) is 35.9 Å². The number of aromatic amines is 1. The molecule has 0 saturated heterocycles. The van der Waals surface area contributed by atoms with Crippen LogP contribution in [-0.2, 0) is 6.61 Å². The van der Waals surface area contributed by atoms with Crippen molar-refractivity contribution in [3.05, 3.63) is 72.2 Å².